The van der Waals surface area contributed by atoms with Gasteiger partial charge in [0, 0.05) is 35.2 Å². The summed E-state index contributed by atoms with van der Waals surface area (Å²) in [5, 5.41) is 5.19. The van der Waals surface area contributed by atoms with E-state index >= 15 is 0 Å². The van der Waals surface area contributed by atoms with Crippen molar-refractivity contribution in [2.45, 2.75) is 6.04 Å². The molecule has 5 aromatic rings. The van der Waals surface area contributed by atoms with Gasteiger partial charge in [-0.05, 0) is 60.7 Å². The van der Waals surface area contributed by atoms with Gasteiger partial charge in [0.05, 0.1) is 18.5 Å². The molecule has 6 rings (SSSR count). The lowest BCUT2D eigenvalue weighted by atomic mass is 10.0. The molecule has 250 valence electrons. The highest BCUT2D eigenvalue weighted by atomic mass is 16.5. The molecule has 0 spiro atoms. The van der Waals surface area contributed by atoms with E-state index in [1.54, 1.807) is 135 Å². The van der Waals surface area contributed by atoms with Gasteiger partial charge in [0.15, 0.2) is 11.8 Å². The predicted octanol–water partition coefficient (Wildman–Crippen LogP) is 5.79. The van der Waals surface area contributed by atoms with Crippen molar-refractivity contribution in [3.8, 4) is 5.75 Å². The van der Waals surface area contributed by atoms with Gasteiger partial charge in [-0.2, -0.15) is 0 Å². The molecule has 0 aromatic heterocycles. The number of urea groups is 1. The number of nitrogens with one attached hydrogen (secondary N) is 2. The summed E-state index contributed by atoms with van der Waals surface area (Å²) in [5.41, 5.74) is 2.78. The Kier molecular flexibility index (Phi) is 9.66. The quantitative estimate of drug-likeness (QED) is 0.151. The number of ether oxygens (including phenoxy) is 1. The fourth-order valence-electron chi connectivity index (χ4n) is 5.62. The Hall–Kier alpha value is -6.75. The lowest BCUT2D eigenvalue weighted by Gasteiger charge is -2.27. The second kappa shape index (κ2) is 14.6. The van der Waals surface area contributed by atoms with Gasteiger partial charge in [-0.15, -0.1) is 0 Å². The van der Waals surface area contributed by atoms with Crippen molar-refractivity contribution in [3.05, 3.63) is 145 Å². The minimum atomic E-state index is -1.73. The zero-order chi connectivity index (χ0) is 35.2. The van der Waals surface area contributed by atoms with Gasteiger partial charge < -0.3 is 20.3 Å². The van der Waals surface area contributed by atoms with Crippen LogP contribution in [-0.4, -0.2) is 56.3 Å². The molecule has 11 heteroatoms. The lowest BCUT2D eigenvalue weighted by Crippen LogP contribution is -2.56. The second-order valence-electron chi connectivity index (χ2n) is 11.4. The fraction of sp³-hybridized carbons (Fsp3) is 0.103. The number of hydrogen-bond acceptors (Lipinski definition) is 6. The number of carbonyl (C=O) groups is 5. The van der Waals surface area contributed by atoms with Gasteiger partial charge in [-0.25, -0.2) is 4.79 Å². The van der Waals surface area contributed by atoms with Crippen LogP contribution in [0.2, 0.25) is 0 Å². The summed E-state index contributed by atoms with van der Waals surface area (Å²) in [6, 6.07) is 34.8. The molecule has 2 N–H and O–H groups in total. The number of nitrogens with zero attached hydrogens (tertiary/aromatic N) is 3. The zero-order valence-corrected chi connectivity index (χ0v) is 27.3. The van der Waals surface area contributed by atoms with Crippen molar-refractivity contribution >= 4 is 58.0 Å². The number of anilines is 5. The molecule has 0 fully saturated rings. The molecular weight excluding hydrogens is 634 g/mol. The number of hydrogen-bond donors (Lipinski definition) is 2. The minimum absolute atomic E-state index is 0.236. The van der Waals surface area contributed by atoms with Crippen LogP contribution in [0, 0.1) is 0 Å². The van der Waals surface area contributed by atoms with Crippen LogP contribution in [0.3, 0.4) is 0 Å². The van der Waals surface area contributed by atoms with Crippen molar-refractivity contribution in [2.75, 3.05) is 40.7 Å². The van der Waals surface area contributed by atoms with Crippen LogP contribution in [0.1, 0.15) is 15.9 Å². The van der Waals surface area contributed by atoms with Gasteiger partial charge in [0.25, 0.3) is 11.8 Å². The van der Waals surface area contributed by atoms with E-state index in [0.29, 0.717) is 39.6 Å². The summed E-state index contributed by atoms with van der Waals surface area (Å²) in [6.45, 7) is -0.433. The van der Waals surface area contributed by atoms with Crippen LogP contribution in [0.5, 0.6) is 5.75 Å². The Morgan fingerprint density at radius 3 is 2.02 bits per heavy atom. The van der Waals surface area contributed by atoms with Gasteiger partial charge in [-0.1, -0.05) is 72.8 Å². The molecule has 11 nitrogen and oxygen atoms in total. The average Bonchev–Trinajstić information content (AvgIpc) is 3.23. The average molecular weight is 668 g/mol. The first-order valence-corrected chi connectivity index (χ1v) is 15.7. The Labute approximate surface area is 288 Å². The third kappa shape index (κ3) is 6.92. The molecule has 0 bridgehead atoms. The largest absolute Gasteiger partial charge is 0.497 e. The van der Waals surface area contributed by atoms with Gasteiger partial charge in [0.2, 0.25) is 5.91 Å². The normalized spacial score (nSPS) is 13.9. The van der Waals surface area contributed by atoms with Gasteiger partial charge in [0.1, 0.15) is 12.3 Å². The topological polar surface area (TPSA) is 128 Å². The number of carbonyl (C=O) groups excluding carboxylic acids is 5. The van der Waals surface area contributed by atoms with E-state index in [2.05, 4.69) is 10.6 Å². The van der Waals surface area contributed by atoms with E-state index < -0.39 is 36.3 Å². The highest BCUT2D eigenvalue weighted by molar-refractivity contribution is 6.25. The molecule has 0 saturated carbocycles. The number of benzene rings is 5. The Bertz CT molecular complexity index is 2050. The molecule has 0 aliphatic carbocycles. The van der Waals surface area contributed by atoms with Crippen LogP contribution in [0.25, 0.3) is 0 Å². The molecule has 5 aromatic carbocycles. The number of methoxy groups -OCH3 is 1. The number of rotatable bonds is 9. The van der Waals surface area contributed by atoms with E-state index in [9.17, 15) is 24.0 Å². The maximum Gasteiger partial charge on any atom is 0.320 e. The highest BCUT2D eigenvalue weighted by Crippen LogP contribution is 2.38. The van der Waals surface area contributed by atoms with Crippen LogP contribution in [0.4, 0.5) is 33.2 Å². The first-order chi connectivity index (χ1) is 24.2. The van der Waals surface area contributed by atoms with E-state index in [-0.39, 0.29) is 11.5 Å². The van der Waals surface area contributed by atoms with Gasteiger partial charge in [-0.3, -0.25) is 29.0 Å². The number of ketones is 1. The molecule has 1 aliphatic heterocycles. The van der Waals surface area contributed by atoms with E-state index in [1.807, 2.05) is 6.07 Å². The molecular formula is C39H33N5O6. The minimum Gasteiger partial charge on any atom is -0.497 e. The molecule has 1 heterocycles. The van der Waals surface area contributed by atoms with Gasteiger partial charge >= 0.3 is 6.03 Å². The third-order valence-electron chi connectivity index (χ3n) is 8.23. The number of likely N-dealkylation sites (N-methyl/N-ethyl adjacent to an activating group) is 1. The predicted molar refractivity (Wildman–Crippen MR) is 191 cm³/mol. The third-order valence-corrected chi connectivity index (χ3v) is 8.23. The van der Waals surface area contributed by atoms with Crippen LogP contribution < -0.4 is 30.1 Å². The fourth-order valence-corrected chi connectivity index (χ4v) is 5.62. The SMILES string of the molecule is COc1ccc(N(C)C(=O)CN2C(=O)[C@H](NC(=O)Nc3cccc(C(=O)c4ccccc4)c3)C(=O)N(c3ccccc3)c3ccccc32)cc1. The zero-order valence-electron chi connectivity index (χ0n) is 27.3. The van der Waals surface area contributed by atoms with E-state index in [4.69, 9.17) is 4.74 Å². The highest BCUT2D eigenvalue weighted by Gasteiger charge is 2.42. The monoisotopic (exact) mass is 667 g/mol. The first kappa shape index (κ1) is 33.2. The summed E-state index contributed by atoms with van der Waals surface area (Å²) < 4.78 is 5.22. The molecule has 0 saturated heterocycles. The summed E-state index contributed by atoms with van der Waals surface area (Å²) in [7, 11) is 3.13. The molecule has 1 atom stereocenters. The number of amides is 5. The lowest BCUT2D eigenvalue weighted by molar-refractivity contribution is -0.129. The standard InChI is InChI=1S/C39H33N5O6/c1-42(29-20-22-31(50-2)23-21-29)34(45)25-43-32-18-9-10-19-33(32)44(30-16-7-4-8-17-30)38(48)35(37(43)47)41-39(49)40-28-15-11-14-27(24-28)36(46)26-12-5-3-6-13-26/h3-24,35H,25H2,1-2H3,(H2,40,41,49)/t35-/m0/s1. The molecule has 50 heavy (non-hydrogen) atoms. The smallest absolute Gasteiger partial charge is 0.320 e. The molecule has 0 radical (unpaired) electrons. The van der Waals surface area contributed by atoms with Crippen molar-refractivity contribution in [1.29, 1.82) is 0 Å². The Balaban J connectivity index is 1.31. The summed E-state index contributed by atoms with van der Waals surface area (Å²) in [4.78, 5) is 72.9. The number of fused-ring (bicyclic) bond motifs is 1. The molecule has 1 aliphatic rings. The Morgan fingerprint density at radius 2 is 1.34 bits per heavy atom. The summed E-state index contributed by atoms with van der Waals surface area (Å²) in [6.07, 6.45) is 0. The van der Waals surface area contributed by atoms with Crippen molar-refractivity contribution in [3.63, 3.8) is 0 Å². The van der Waals surface area contributed by atoms with Crippen molar-refractivity contribution < 1.29 is 28.7 Å². The van der Waals surface area contributed by atoms with Crippen LogP contribution in [-0.2, 0) is 14.4 Å². The van der Waals surface area contributed by atoms with E-state index in [0.717, 1.165) is 0 Å². The Morgan fingerprint density at radius 1 is 0.720 bits per heavy atom. The van der Waals surface area contributed by atoms with Crippen molar-refractivity contribution in [1.82, 2.24) is 5.32 Å². The van der Waals surface area contributed by atoms with E-state index in [1.165, 1.54) is 20.8 Å². The summed E-state index contributed by atoms with van der Waals surface area (Å²) >= 11 is 0. The number of para-hydroxylation sites is 3. The van der Waals surface area contributed by atoms with Crippen LogP contribution in [0.15, 0.2) is 133 Å². The maximum absolute atomic E-state index is 14.4. The molecule has 0 unspecified atom stereocenters. The maximum atomic E-state index is 14.4. The summed E-state index contributed by atoms with van der Waals surface area (Å²) in [5.74, 6) is -1.59. The molecule has 5 amide bonds. The first-order valence-electron chi connectivity index (χ1n) is 15.7. The van der Waals surface area contributed by atoms with Crippen molar-refractivity contribution in [2.24, 2.45) is 0 Å². The second-order valence-corrected chi connectivity index (χ2v) is 11.4. The van der Waals surface area contributed by atoms with Crippen LogP contribution >= 0.6 is 0 Å².